The lowest BCUT2D eigenvalue weighted by Gasteiger charge is -2.24. The van der Waals surface area contributed by atoms with E-state index in [9.17, 15) is 17.9 Å². The maximum atomic E-state index is 12.9. The van der Waals surface area contributed by atoms with E-state index >= 15 is 0 Å². The van der Waals surface area contributed by atoms with Crippen molar-refractivity contribution in [2.45, 2.75) is 25.2 Å². The molecule has 2 aromatic carbocycles. The van der Waals surface area contributed by atoms with Gasteiger partial charge in [-0.1, -0.05) is 42.0 Å². The molecule has 0 spiro atoms. The van der Waals surface area contributed by atoms with Gasteiger partial charge in [0.15, 0.2) is 0 Å². The number of rotatable bonds is 6. The highest BCUT2D eigenvalue weighted by atomic mass is 32.2. The Kier molecular flexibility index (Phi) is 5.19. The van der Waals surface area contributed by atoms with Crippen LogP contribution in [-0.2, 0) is 21.4 Å². The molecule has 1 atom stereocenters. The molecule has 2 aromatic rings. The van der Waals surface area contributed by atoms with E-state index in [2.05, 4.69) is 4.72 Å². The van der Waals surface area contributed by atoms with Gasteiger partial charge in [-0.15, -0.1) is 0 Å². The second-order valence-electron chi connectivity index (χ2n) is 5.85. The van der Waals surface area contributed by atoms with Crippen LogP contribution in [0, 0.1) is 12.7 Å². The quantitative estimate of drug-likeness (QED) is 0.851. The molecule has 124 valence electrons. The van der Waals surface area contributed by atoms with Crippen LogP contribution in [-0.4, -0.2) is 20.1 Å². The largest absolute Gasteiger partial charge is 0.384 e. The molecule has 0 aromatic heterocycles. The van der Waals surface area contributed by atoms with E-state index < -0.39 is 21.4 Å². The fraction of sp³-hybridized carbons (Fsp3) is 0.294. The SMILES string of the molecule is Cc1cccc(CS(=O)(=O)NCC(C)(O)c2ccc(F)cc2)c1. The maximum Gasteiger partial charge on any atom is 0.215 e. The Bertz CT molecular complexity index is 771. The highest BCUT2D eigenvalue weighted by molar-refractivity contribution is 7.88. The molecule has 4 nitrogen and oxygen atoms in total. The number of hydrogen-bond donors (Lipinski definition) is 2. The molecule has 0 aliphatic carbocycles. The molecule has 1 unspecified atom stereocenters. The van der Waals surface area contributed by atoms with Crippen LogP contribution >= 0.6 is 0 Å². The molecular weight excluding hydrogens is 317 g/mol. The molecule has 0 amide bonds. The summed E-state index contributed by atoms with van der Waals surface area (Å²) in [5.74, 6) is -0.571. The van der Waals surface area contributed by atoms with Crippen LogP contribution in [0.2, 0.25) is 0 Å². The number of aryl methyl sites for hydroxylation is 1. The van der Waals surface area contributed by atoms with Crippen molar-refractivity contribution in [3.8, 4) is 0 Å². The monoisotopic (exact) mass is 337 g/mol. The topological polar surface area (TPSA) is 66.4 Å². The molecule has 23 heavy (non-hydrogen) atoms. The number of halogens is 1. The summed E-state index contributed by atoms with van der Waals surface area (Å²) in [4.78, 5) is 0. The van der Waals surface area contributed by atoms with Gasteiger partial charge >= 0.3 is 0 Å². The second-order valence-corrected chi connectivity index (χ2v) is 7.66. The van der Waals surface area contributed by atoms with Crippen LogP contribution in [0.25, 0.3) is 0 Å². The van der Waals surface area contributed by atoms with Crippen molar-refractivity contribution in [3.05, 3.63) is 71.0 Å². The molecule has 2 rings (SSSR count). The standard InChI is InChI=1S/C17H20FNO3S/c1-13-4-3-5-14(10-13)11-23(21,22)19-12-17(2,20)15-6-8-16(18)9-7-15/h3-10,19-20H,11-12H2,1-2H3. The molecule has 0 heterocycles. The second kappa shape index (κ2) is 6.78. The first-order valence-electron chi connectivity index (χ1n) is 7.19. The predicted octanol–water partition coefficient (Wildman–Crippen LogP) is 2.46. The molecule has 0 radical (unpaired) electrons. The summed E-state index contributed by atoms with van der Waals surface area (Å²) in [5.41, 5.74) is 0.681. The molecule has 0 saturated heterocycles. The fourth-order valence-corrected chi connectivity index (χ4v) is 3.46. The Labute approximate surface area is 136 Å². The summed E-state index contributed by atoms with van der Waals surface area (Å²) < 4.78 is 39.7. The molecular formula is C17H20FNO3S. The third-order valence-electron chi connectivity index (χ3n) is 3.54. The first-order chi connectivity index (χ1) is 10.7. The lowest BCUT2D eigenvalue weighted by Crippen LogP contribution is -2.39. The summed E-state index contributed by atoms with van der Waals surface area (Å²) in [5, 5.41) is 10.4. The third kappa shape index (κ3) is 5.13. The molecule has 0 saturated carbocycles. The van der Waals surface area contributed by atoms with Crippen molar-refractivity contribution in [2.24, 2.45) is 0 Å². The number of sulfonamides is 1. The minimum absolute atomic E-state index is 0.159. The lowest BCUT2D eigenvalue weighted by atomic mass is 9.96. The predicted molar refractivity (Wildman–Crippen MR) is 87.8 cm³/mol. The minimum atomic E-state index is -3.58. The van der Waals surface area contributed by atoms with Crippen LogP contribution in [0.3, 0.4) is 0 Å². The number of nitrogens with one attached hydrogen (secondary N) is 1. The van der Waals surface area contributed by atoms with Crippen molar-refractivity contribution < 1.29 is 17.9 Å². The van der Waals surface area contributed by atoms with Crippen LogP contribution in [0.4, 0.5) is 4.39 Å². The lowest BCUT2D eigenvalue weighted by molar-refractivity contribution is 0.0627. The van der Waals surface area contributed by atoms with E-state index in [1.807, 2.05) is 13.0 Å². The zero-order valence-electron chi connectivity index (χ0n) is 13.1. The van der Waals surface area contributed by atoms with Gasteiger partial charge in [-0.05, 0) is 37.1 Å². The zero-order chi connectivity index (χ0) is 17.1. The average molecular weight is 337 g/mol. The summed E-state index contributed by atoms with van der Waals surface area (Å²) >= 11 is 0. The van der Waals surface area contributed by atoms with E-state index in [-0.39, 0.29) is 12.3 Å². The Morgan fingerprint density at radius 1 is 1.17 bits per heavy atom. The summed E-state index contributed by atoms with van der Waals surface area (Å²) in [6, 6.07) is 12.6. The Morgan fingerprint density at radius 2 is 1.83 bits per heavy atom. The smallest absolute Gasteiger partial charge is 0.215 e. The van der Waals surface area contributed by atoms with Crippen LogP contribution in [0.5, 0.6) is 0 Å². The first kappa shape index (κ1) is 17.6. The number of aliphatic hydroxyl groups is 1. The van der Waals surface area contributed by atoms with E-state index in [1.54, 1.807) is 18.2 Å². The van der Waals surface area contributed by atoms with Crippen LogP contribution < -0.4 is 4.72 Å². The number of benzene rings is 2. The van der Waals surface area contributed by atoms with Gasteiger partial charge in [0.2, 0.25) is 10.0 Å². The molecule has 0 fully saturated rings. The fourth-order valence-electron chi connectivity index (χ4n) is 2.23. The van der Waals surface area contributed by atoms with Crippen molar-refractivity contribution in [2.75, 3.05) is 6.54 Å². The van der Waals surface area contributed by atoms with Crippen molar-refractivity contribution in [1.82, 2.24) is 4.72 Å². The van der Waals surface area contributed by atoms with Gasteiger partial charge < -0.3 is 5.11 Å². The minimum Gasteiger partial charge on any atom is -0.384 e. The van der Waals surface area contributed by atoms with Gasteiger partial charge in [-0.2, -0.15) is 0 Å². The van der Waals surface area contributed by atoms with Gasteiger partial charge in [0, 0.05) is 6.54 Å². The van der Waals surface area contributed by atoms with Crippen LogP contribution in [0.1, 0.15) is 23.6 Å². The van der Waals surface area contributed by atoms with Gasteiger partial charge in [-0.25, -0.2) is 17.5 Å². The summed E-state index contributed by atoms with van der Waals surface area (Å²) in [7, 11) is -3.58. The normalized spacial score (nSPS) is 14.4. The third-order valence-corrected chi connectivity index (χ3v) is 4.84. The van der Waals surface area contributed by atoms with Crippen LogP contribution in [0.15, 0.2) is 48.5 Å². The molecule has 0 aliphatic heterocycles. The Morgan fingerprint density at radius 3 is 2.43 bits per heavy atom. The van der Waals surface area contributed by atoms with E-state index in [0.717, 1.165) is 5.56 Å². The number of hydrogen-bond acceptors (Lipinski definition) is 3. The van der Waals surface area contributed by atoms with Crippen molar-refractivity contribution >= 4 is 10.0 Å². The van der Waals surface area contributed by atoms with E-state index in [0.29, 0.717) is 11.1 Å². The summed E-state index contributed by atoms with van der Waals surface area (Å²) in [6.07, 6.45) is 0. The molecule has 6 heteroatoms. The van der Waals surface area contributed by atoms with Crippen molar-refractivity contribution in [1.29, 1.82) is 0 Å². The molecule has 0 aliphatic rings. The van der Waals surface area contributed by atoms with Gasteiger partial charge in [-0.3, -0.25) is 0 Å². The maximum absolute atomic E-state index is 12.9. The molecule has 2 N–H and O–H groups in total. The average Bonchev–Trinajstić information content (AvgIpc) is 2.45. The highest BCUT2D eigenvalue weighted by Gasteiger charge is 2.25. The van der Waals surface area contributed by atoms with E-state index in [4.69, 9.17) is 0 Å². The highest BCUT2D eigenvalue weighted by Crippen LogP contribution is 2.20. The summed E-state index contributed by atoms with van der Waals surface area (Å²) in [6.45, 7) is 3.19. The molecule has 0 bridgehead atoms. The van der Waals surface area contributed by atoms with Crippen molar-refractivity contribution in [3.63, 3.8) is 0 Å². The Balaban J connectivity index is 2.04. The zero-order valence-corrected chi connectivity index (χ0v) is 13.9. The van der Waals surface area contributed by atoms with Gasteiger partial charge in [0.1, 0.15) is 11.4 Å². The van der Waals surface area contributed by atoms with E-state index in [1.165, 1.54) is 31.2 Å². The van der Waals surface area contributed by atoms with Gasteiger partial charge in [0.25, 0.3) is 0 Å². The first-order valence-corrected chi connectivity index (χ1v) is 8.84. The van der Waals surface area contributed by atoms with Gasteiger partial charge in [0.05, 0.1) is 5.75 Å². The Hall–Kier alpha value is -1.76.